The van der Waals surface area contributed by atoms with Crippen molar-refractivity contribution in [2.45, 2.75) is 11.8 Å². The minimum atomic E-state index is -1.30. The summed E-state index contributed by atoms with van der Waals surface area (Å²) < 4.78 is 13.3. The molecule has 17 heavy (non-hydrogen) atoms. The second kappa shape index (κ2) is 5.05. The largest absolute Gasteiger partial charge is 0.276 e. The van der Waals surface area contributed by atoms with Gasteiger partial charge < -0.3 is 0 Å². The zero-order valence-electron chi connectivity index (χ0n) is 9.37. The molecule has 1 aromatic carbocycles. The van der Waals surface area contributed by atoms with Gasteiger partial charge >= 0.3 is 0 Å². The van der Waals surface area contributed by atoms with Crippen molar-refractivity contribution < 1.29 is 9.00 Å². The van der Waals surface area contributed by atoms with Gasteiger partial charge in [-0.15, -0.1) is 0 Å². The molecular weight excluding hydrogens is 236 g/mol. The van der Waals surface area contributed by atoms with Crippen LogP contribution in [0.5, 0.6) is 0 Å². The van der Waals surface area contributed by atoms with Crippen LogP contribution in [-0.2, 0) is 10.8 Å². The number of imidazole rings is 1. The summed E-state index contributed by atoms with van der Waals surface area (Å²) in [6.07, 6.45) is 4.48. The Morgan fingerprint density at radius 1 is 1.35 bits per heavy atom. The molecule has 0 aliphatic heterocycles. The lowest BCUT2D eigenvalue weighted by atomic mass is 10.2. The van der Waals surface area contributed by atoms with Crippen LogP contribution in [0.25, 0.3) is 0 Å². The number of aryl methyl sites for hydroxylation is 1. The number of nitrogens with zero attached hydrogens (tertiary/aromatic N) is 2. The average Bonchev–Trinajstić information content (AvgIpc) is 2.83. The zero-order valence-corrected chi connectivity index (χ0v) is 10.2. The highest BCUT2D eigenvalue weighted by molar-refractivity contribution is 7.85. The van der Waals surface area contributed by atoms with Crippen LogP contribution in [0.3, 0.4) is 0 Å². The number of hydrogen-bond acceptors (Lipinski definition) is 3. The normalized spacial score (nSPS) is 12.3. The van der Waals surface area contributed by atoms with Gasteiger partial charge in [-0.25, -0.2) is 4.98 Å². The Morgan fingerprint density at radius 2 is 2.06 bits per heavy atom. The molecule has 0 spiro atoms. The molecule has 0 radical (unpaired) electrons. The van der Waals surface area contributed by atoms with Crippen molar-refractivity contribution in [3.05, 3.63) is 48.5 Å². The summed E-state index contributed by atoms with van der Waals surface area (Å²) >= 11 is 0. The first-order chi connectivity index (χ1) is 8.16. The molecule has 0 aliphatic rings. The highest BCUT2D eigenvalue weighted by Gasteiger charge is 2.11. The Hall–Kier alpha value is -1.75. The topological polar surface area (TPSA) is 52.0 Å². The first-order valence-corrected chi connectivity index (χ1v) is 6.45. The summed E-state index contributed by atoms with van der Waals surface area (Å²) in [6, 6.07) is 7.34. The molecule has 1 unspecified atom stereocenters. The lowest BCUT2D eigenvalue weighted by Crippen LogP contribution is -2.17. The second-order valence-corrected chi connectivity index (χ2v) is 5.12. The summed E-state index contributed by atoms with van der Waals surface area (Å²) in [5.41, 5.74) is 1.10. The lowest BCUT2D eigenvalue weighted by molar-refractivity contribution is 0.0941. The van der Waals surface area contributed by atoms with Crippen molar-refractivity contribution in [3.63, 3.8) is 0 Å². The third-order valence-corrected chi connectivity index (χ3v) is 3.64. The molecule has 0 amide bonds. The van der Waals surface area contributed by atoms with Crippen molar-refractivity contribution in [1.82, 2.24) is 9.55 Å². The molecule has 88 valence electrons. The number of aromatic nitrogens is 2. The Labute approximate surface area is 102 Å². The summed E-state index contributed by atoms with van der Waals surface area (Å²) in [6.45, 7) is 1.96. The molecule has 4 nitrogen and oxygen atoms in total. The molecule has 2 rings (SSSR count). The Balaban J connectivity index is 2.07. The molecule has 0 aliphatic carbocycles. The quantitative estimate of drug-likeness (QED) is 0.829. The van der Waals surface area contributed by atoms with E-state index in [2.05, 4.69) is 4.98 Å². The Bertz CT molecular complexity index is 532. The predicted octanol–water partition coefficient (Wildman–Crippen LogP) is 1.64. The molecule has 0 N–H and O–H groups in total. The van der Waals surface area contributed by atoms with E-state index in [0.29, 0.717) is 4.90 Å². The molecule has 2 aromatic rings. The second-order valence-electron chi connectivity index (χ2n) is 3.67. The molecule has 0 bridgehead atoms. The summed E-state index contributed by atoms with van der Waals surface area (Å²) in [5.74, 6) is -0.249. The van der Waals surface area contributed by atoms with E-state index in [9.17, 15) is 9.00 Å². The molecule has 1 aromatic heterocycles. The number of carbonyl (C=O) groups is 1. The van der Waals surface area contributed by atoms with E-state index < -0.39 is 10.8 Å². The summed E-state index contributed by atoms with van der Waals surface area (Å²) in [5, 5.41) is 0. The number of hydrogen-bond donors (Lipinski definition) is 0. The third kappa shape index (κ3) is 2.88. The van der Waals surface area contributed by atoms with Gasteiger partial charge in [0.25, 0.3) is 0 Å². The first-order valence-electron chi connectivity index (χ1n) is 5.13. The van der Waals surface area contributed by atoms with E-state index in [-0.39, 0.29) is 11.7 Å². The number of carbonyl (C=O) groups excluding carboxylic acids is 1. The summed E-state index contributed by atoms with van der Waals surface area (Å²) in [7, 11) is -1.30. The average molecular weight is 248 g/mol. The molecular formula is C12H12N2O2S. The van der Waals surface area contributed by atoms with Gasteiger partial charge in [0.05, 0.1) is 10.8 Å². The molecule has 0 fully saturated rings. The van der Waals surface area contributed by atoms with Crippen LogP contribution in [0.4, 0.5) is 0 Å². The van der Waals surface area contributed by atoms with E-state index in [4.69, 9.17) is 0 Å². The fourth-order valence-corrected chi connectivity index (χ4v) is 2.35. The van der Waals surface area contributed by atoms with Gasteiger partial charge in [-0.1, -0.05) is 17.7 Å². The van der Waals surface area contributed by atoms with Crippen molar-refractivity contribution >= 4 is 16.7 Å². The van der Waals surface area contributed by atoms with Crippen LogP contribution in [0.15, 0.2) is 47.9 Å². The standard InChI is InChI=1S/C12H12N2O2S/c1-10-2-4-11(5-3-10)17(16)8-12(15)14-7-6-13-9-14/h2-7,9H,8H2,1H3. The van der Waals surface area contributed by atoms with Crippen molar-refractivity contribution in [2.75, 3.05) is 5.75 Å². The van der Waals surface area contributed by atoms with Gasteiger partial charge in [-0.2, -0.15) is 0 Å². The highest BCUT2D eigenvalue weighted by atomic mass is 32.2. The fourth-order valence-electron chi connectivity index (χ4n) is 1.37. The predicted molar refractivity (Wildman–Crippen MR) is 65.3 cm³/mol. The van der Waals surface area contributed by atoms with Gasteiger partial charge in [-0.3, -0.25) is 13.6 Å². The van der Waals surface area contributed by atoms with Gasteiger partial charge in [0.1, 0.15) is 12.1 Å². The molecule has 1 atom stereocenters. The van der Waals surface area contributed by atoms with Crippen LogP contribution < -0.4 is 0 Å². The SMILES string of the molecule is Cc1ccc(S(=O)CC(=O)n2ccnc2)cc1. The van der Waals surface area contributed by atoms with Crippen molar-refractivity contribution in [1.29, 1.82) is 0 Å². The van der Waals surface area contributed by atoms with E-state index >= 15 is 0 Å². The fraction of sp³-hybridized carbons (Fsp3) is 0.167. The number of benzene rings is 1. The van der Waals surface area contributed by atoms with Crippen LogP contribution in [0.1, 0.15) is 10.4 Å². The molecule has 0 saturated carbocycles. The monoisotopic (exact) mass is 248 g/mol. The van der Waals surface area contributed by atoms with Gasteiger partial charge in [0, 0.05) is 17.3 Å². The summed E-state index contributed by atoms with van der Waals surface area (Å²) in [4.78, 5) is 16.1. The van der Waals surface area contributed by atoms with Crippen molar-refractivity contribution in [2.24, 2.45) is 0 Å². The molecule has 5 heteroatoms. The van der Waals surface area contributed by atoms with Crippen molar-refractivity contribution in [3.8, 4) is 0 Å². The van der Waals surface area contributed by atoms with Crippen LogP contribution in [0.2, 0.25) is 0 Å². The minimum absolute atomic E-state index is 0.0284. The van der Waals surface area contributed by atoms with Gasteiger partial charge in [0.15, 0.2) is 0 Å². The number of rotatable bonds is 3. The van der Waals surface area contributed by atoms with E-state index in [1.165, 1.54) is 17.1 Å². The maximum atomic E-state index is 11.9. The Morgan fingerprint density at radius 3 is 2.65 bits per heavy atom. The minimum Gasteiger partial charge on any atom is -0.276 e. The van der Waals surface area contributed by atoms with E-state index in [1.807, 2.05) is 19.1 Å². The maximum absolute atomic E-state index is 11.9. The van der Waals surface area contributed by atoms with E-state index in [0.717, 1.165) is 5.56 Å². The molecule has 0 saturated heterocycles. The van der Waals surface area contributed by atoms with Gasteiger partial charge in [-0.05, 0) is 19.1 Å². The lowest BCUT2D eigenvalue weighted by Gasteiger charge is -2.02. The maximum Gasteiger partial charge on any atom is 0.244 e. The molecule has 1 heterocycles. The van der Waals surface area contributed by atoms with Gasteiger partial charge in [0.2, 0.25) is 5.91 Å². The third-order valence-electron chi connectivity index (χ3n) is 2.33. The van der Waals surface area contributed by atoms with Crippen LogP contribution >= 0.6 is 0 Å². The first kappa shape index (κ1) is 11.7. The van der Waals surface area contributed by atoms with Crippen LogP contribution in [-0.4, -0.2) is 25.4 Å². The zero-order chi connectivity index (χ0) is 12.3. The van der Waals surface area contributed by atoms with Crippen LogP contribution in [0, 0.1) is 6.92 Å². The smallest absolute Gasteiger partial charge is 0.244 e. The highest BCUT2D eigenvalue weighted by Crippen LogP contribution is 2.08. The van der Waals surface area contributed by atoms with E-state index in [1.54, 1.807) is 18.3 Å². The Kier molecular flexibility index (Phi) is 3.49.